The Kier molecular flexibility index (Phi) is 8.68. The van der Waals surface area contributed by atoms with E-state index in [2.05, 4.69) is 6.58 Å². The molecule has 36 heavy (non-hydrogen) atoms. The van der Waals surface area contributed by atoms with E-state index < -0.39 is 22.6 Å². The number of hydrogen-bond acceptors (Lipinski definition) is 6. The van der Waals surface area contributed by atoms with Gasteiger partial charge in [0.25, 0.3) is 5.91 Å². The lowest BCUT2D eigenvalue weighted by Crippen LogP contribution is -2.55. The maximum absolute atomic E-state index is 14.3. The van der Waals surface area contributed by atoms with Gasteiger partial charge in [-0.2, -0.15) is 0 Å². The van der Waals surface area contributed by atoms with E-state index in [4.69, 9.17) is 21.4 Å². The number of nitrogens with zero attached hydrogens (tertiary/aromatic N) is 2. The number of aliphatic hydroxyl groups is 1. The predicted octanol–water partition coefficient (Wildman–Crippen LogP) is 4.07. The first kappa shape index (κ1) is 27.0. The van der Waals surface area contributed by atoms with Crippen LogP contribution in [0.1, 0.15) is 45.4 Å². The van der Waals surface area contributed by atoms with E-state index >= 15 is 0 Å². The summed E-state index contributed by atoms with van der Waals surface area (Å²) in [5, 5.41) is 9.66. The summed E-state index contributed by atoms with van der Waals surface area (Å²) in [6.07, 6.45) is 6.35. The van der Waals surface area contributed by atoms with Crippen molar-refractivity contribution in [3.63, 3.8) is 0 Å². The molecule has 2 amide bonds. The largest absolute Gasteiger partial charge is 0.466 e. The molecule has 3 aliphatic heterocycles. The molecule has 7 nitrogen and oxygen atoms in total. The summed E-state index contributed by atoms with van der Waals surface area (Å²) in [5.41, 5.74) is 0.694. The number of rotatable bonds is 12. The molecule has 5 atom stereocenters. The molecule has 1 aromatic rings. The molecular weight excluding hydrogens is 500 g/mol. The SMILES string of the molecule is C=CCN(C(=O)C1N(CCCCCCO)C(=O)[C@@H]2[C@@H](C(=O)OCC)[C@H]3CCC12S3)c1ccc(Cl)cc1. The van der Waals surface area contributed by atoms with Crippen molar-refractivity contribution in [2.45, 2.75) is 61.5 Å². The number of unbranched alkanes of at least 4 members (excludes halogenated alkanes) is 3. The molecule has 3 heterocycles. The quantitative estimate of drug-likeness (QED) is 0.247. The minimum Gasteiger partial charge on any atom is -0.466 e. The molecule has 196 valence electrons. The highest BCUT2D eigenvalue weighted by molar-refractivity contribution is 8.02. The van der Waals surface area contributed by atoms with Gasteiger partial charge in [-0.15, -0.1) is 18.3 Å². The molecule has 1 spiro atoms. The van der Waals surface area contributed by atoms with Crippen LogP contribution in [0.25, 0.3) is 0 Å². The van der Waals surface area contributed by atoms with E-state index in [0.29, 0.717) is 30.2 Å². The number of ether oxygens (including phenoxy) is 1. The molecule has 2 unspecified atom stereocenters. The van der Waals surface area contributed by atoms with Gasteiger partial charge in [-0.1, -0.05) is 30.5 Å². The minimum absolute atomic E-state index is 0.0107. The number of esters is 1. The Morgan fingerprint density at radius 2 is 2.00 bits per heavy atom. The van der Waals surface area contributed by atoms with Crippen LogP contribution < -0.4 is 4.90 Å². The number of thioether (sulfide) groups is 1. The van der Waals surface area contributed by atoms with Crippen molar-refractivity contribution in [3.05, 3.63) is 41.9 Å². The topological polar surface area (TPSA) is 87.2 Å². The first-order chi connectivity index (χ1) is 17.4. The van der Waals surface area contributed by atoms with Crippen LogP contribution >= 0.6 is 23.4 Å². The van der Waals surface area contributed by atoms with Gasteiger partial charge in [0.1, 0.15) is 6.04 Å². The molecule has 2 bridgehead atoms. The summed E-state index contributed by atoms with van der Waals surface area (Å²) >= 11 is 7.74. The number of aliphatic hydroxyl groups excluding tert-OH is 1. The van der Waals surface area contributed by atoms with Crippen molar-refractivity contribution < 1.29 is 24.2 Å². The van der Waals surface area contributed by atoms with Gasteiger partial charge in [0, 0.05) is 35.7 Å². The van der Waals surface area contributed by atoms with Gasteiger partial charge in [0.05, 0.1) is 23.2 Å². The van der Waals surface area contributed by atoms with Crippen LogP contribution in [0.3, 0.4) is 0 Å². The van der Waals surface area contributed by atoms with Crippen LogP contribution in [0.5, 0.6) is 0 Å². The maximum atomic E-state index is 14.3. The summed E-state index contributed by atoms with van der Waals surface area (Å²) in [6.45, 7) is 6.77. The van der Waals surface area contributed by atoms with Gasteiger partial charge in [-0.05, 0) is 56.9 Å². The number of carbonyl (C=O) groups is 3. The Bertz CT molecular complexity index is 989. The molecule has 9 heteroatoms. The average Bonchev–Trinajstić information content (AvgIpc) is 3.50. The summed E-state index contributed by atoms with van der Waals surface area (Å²) in [5.74, 6) is -1.66. The molecule has 4 rings (SSSR count). The van der Waals surface area contributed by atoms with Crippen molar-refractivity contribution >= 4 is 46.8 Å². The average molecular weight is 535 g/mol. The fourth-order valence-corrected chi connectivity index (χ4v) is 8.47. The Morgan fingerprint density at radius 1 is 1.28 bits per heavy atom. The van der Waals surface area contributed by atoms with Crippen molar-refractivity contribution in [2.24, 2.45) is 11.8 Å². The number of amides is 2. The van der Waals surface area contributed by atoms with Gasteiger partial charge < -0.3 is 19.6 Å². The summed E-state index contributed by atoms with van der Waals surface area (Å²) in [6, 6.07) is 6.42. The van der Waals surface area contributed by atoms with E-state index in [9.17, 15) is 14.4 Å². The predicted molar refractivity (Wildman–Crippen MR) is 142 cm³/mol. The third kappa shape index (κ3) is 4.79. The van der Waals surface area contributed by atoms with Crippen molar-refractivity contribution in [3.8, 4) is 0 Å². The first-order valence-corrected chi connectivity index (χ1v) is 14.1. The van der Waals surface area contributed by atoms with Crippen molar-refractivity contribution in [1.29, 1.82) is 0 Å². The highest BCUT2D eigenvalue weighted by Crippen LogP contribution is 2.66. The first-order valence-electron chi connectivity index (χ1n) is 12.8. The summed E-state index contributed by atoms with van der Waals surface area (Å²) < 4.78 is 4.74. The minimum atomic E-state index is -0.669. The van der Waals surface area contributed by atoms with E-state index in [0.717, 1.165) is 32.1 Å². The number of hydrogen-bond donors (Lipinski definition) is 1. The fourth-order valence-electron chi connectivity index (χ4n) is 6.15. The van der Waals surface area contributed by atoms with Gasteiger partial charge in [0.15, 0.2) is 0 Å². The molecule has 0 aromatic heterocycles. The zero-order valence-corrected chi connectivity index (χ0v) is 22.3. The molecular formula is C27H35ClN2O5S. The normalized spacial score (nSPS) is 28.3. The van der Waals surface area contributed by atoms with Crippen LogP contribution in [0.15, 0.2) is 36.9 Å². The van der Waals surface area contributed by atoms with Gasteiger partial charge in [-0.3, -0.25) is 14.4 Å². The summed E-state index contributed by atoms with van der Waals surface area (Å²) in [4.78, 5) is 44.7. The third-order valence-corrected chi connectivity index (χ3v) is 9.82. The standard InChI is InChI=1S/C27H35ClN2O5S/c1-3-15-29(19-11-9-18(28)10-12-19)25(33)23-27-14-13-20(36-27)21(26(34)35-4-2)22(27)24(32)30(23)16-7-5-6-8-17-31/h3,9-12,20-23,31H,1,4-8,13-17H2,2H3/t20-,21+,22+,23?,27?/m1/s1. The summed E-state index contributed by atoms with van der Waals surface area (Å²) in [7, 11) is 0. The molecule has 3 fully saturated rings. The van der Waals surface area contributed by atoms with Crippen LogP contribution in [0.2, 0.25) is 5.02 Å². The van der Waals surface area contributed by atoms with E-state index in [-0.39, 0.29) is 36.2 Å². The molecule has 0 radical (unpaired) electrons. The van der Waals surface area contributed by atoms with E-state index in [1.54, 1.807) is 58.8 Å². The van der Waals surface area contributed by atoms with Crippen LogP contribution in [0.4, 0.5) is 5.69 Å². The van der Waals surface area contributed by atoms with E-state index in [1.807, 2.05) is 0 Å². The number of likely N-dealkylation sites (tertiary alicyclic amines) is 1. The van der Waals surface area contributed by atoms with Crippen molar-refractivity contribution in [2.75, 3.05) is 31.2 Å². The van der Waals surface area contributed by atoms with Gasteiger partial charge >= 0.3 is 5.97 Å². The lowest BCUT2D eigenvalue weighted by atomic mass is 9.71. The number of anilines is 1. The third-order valence-electron chi connectivity index (χ3n) is 7.62. The second-order valence-electron chi connectivity index (χ2n) is 9.69. The lowest BCUT2D eigenvalue weighted by molar-refractivity contribution is -0.153. The Balaban J connectivity index is 1.69. The van der Waals surface area contributed by atoms with Gasteiger partial charge in [0.2, 0.25) is 5.91 Å². The van der Waals surface area contributed by atoms with Crippen LogP contribution in [-0.2, 0) is 19.1 Å². The van der Waals surface area contributed by atoms with Crippen LogP contribution in [0, 0.1) is 11.8 Å². The monoisotopic (exact) mass is 534 g/mol. The molecule has 1 N–H and O–H groups in total. The highest BCUT2D eigenvalue weighted by Gasteiger charge is 2.74. The Morgan fingerprint density at radius 3 is 2.67 bits per heavy atom. The molecule has 3 saturated heterocycles. The zero-order valence-electron chi connectivity index (χ0n) is 20.7. The number of fused-ring (bicyclic) bond motifs is 1. The number of halogens is 1. The molecule has 0 aliphatic carbocycles. The lowest BCUT2D eigenvalue weighted by Gasteiger charge is -2.37. The van der Waals surface area contributed by atoms with E-state index in [1.165, 1.54) is 0 Å². The molecule has 3 aliphatic rings. The smallest absolute Gasteiger partial charge is 0.310 e. The van der Waals surface area contributed by atoms with Crippen LogP contribution in [-0.4, -0.2) is 70.1 Å². The number of benzene rings is 1. The fraction of sp³-hybridized carbons (Fsp3) is 0.593. The molecule has 0 saturated carbocycles. The zero-order chi connectivity index (χ0) is 25.9. The second kappa shape index (κ2) is 11.6. The Hall–Kier alpha value is -2.03. The van der Waals surface area contributed by atoms with Crippen molar-refractivity contribution in [1.82, 2.24) is 4.90 Å². The number of carbonyl (C=O) groups excluding carboxylic acids is 3. The Labute approximate surface area is 222 Å². The van der Waals surface area contributed by atoms with Gasteiger partial charge in [-0.25, -0.2) is 0 Å². The molecule has 1 aromatic carbocycles. The second-order valence-corrected chi connectivity index (χ2v) is 11.7. The maximum Gasteiger partial charge on any atom is 0.310 e. The highest BCUT2D eigenvalue weighted by atomic mass is 35.5.